The van der Waals surface area contributed by atoms with Crippen molar-refractivity contribution in [3.63, 3.8) is 0 Å². The first kappa shape index (κ1) is 20.9. The first-order valence-electron chi connectivity index (χ1n) is 9.74. The summed E-state index contributed by atoms with van der Waals surface area (Å²) in [5.74, 6) is 0.262. The van der Waals surface area contributed by atoms with Crippen molar-refractivity contribution >= 4 is 15.9 Å². The van der Waals surface area contributed by atoms with Crippen LogP contribution in [0.5, 0.6) is 0 Å². The summed E-state index contributed by atoms with van der Waals surface area (Å²) < 4.78 is 26.0. The lowest BCUT2D eigenvalue weighted by molar-refractivity contribution is -0.139. The molecule has 0 atom stereocenters. The van der Waals surface area contributed by atoms with Crippen molar-refractivity contribution in [2.24, 2.45) is 0 Å². The molecule has 1 aromatic rings. The maximum atomic E-state index is 13.6. The second-order valence-corrected chi connectivity index (χ2v) is 9.30. The van der Waals surface area contributed by atoms with Crippen LogP contribution in [-0.2, 0) is 20.2 Å². The van der Waals surface area contributed by atoms with Gasteiger partial charge in [0.05, 0.1) is 11.2 Å². The van der Waals surface area contributed by atoms with Crippen LogP contribution < -0.4 is 0 Å². The molecule has 0 saturated carbocycles. The van der Waals surface area contributed by atoms with Gasteiger partial charge in [-0.05, 0) is 38.2 Å². The number of nitrogens with zero attached hydrogens (tertiary/aromatic N) is 2. The fraction of sp³-hybridized carbons (Fsp3) is 0.650. The first-order chi connectivity index (χ1) is 12.4. The molecule has 146 valence electrons. The number of hydrogen-bond donors (Lipinski definition) is 0. The number of benzene rings is 1. The molecule has 1 aromatic carbocycles. The van der Waals surface area contributed by atoms with Gasteiger partial charge < -0.3 is 4.90 Å². The number of amides is 1. The van der Waals surface area contributed by atoms with Crippen LogP contribution >= 0.6 is 0 Å². The minimum absolute atomic E-state index is 0.108. The van der Waals surface area contributed by atoms with Gasteiger partial charge in [-0.2, -0.15) is 0 Å². The lowest BCUT2D eigenvalue weighted by Gasteiger charge is -2.43. The van der Waals surface area contributed by atoms with Crippen molar-refractivity contribution in [3.8, 4) is 0 Å². The van der Waals surface area contributed by atoms with Crippen LogP contribution in [0.2, 0.25) is 0 Å². The Morgan fingerprint density at radius 2 is 1.58 bits per heavy atom. The molecule has 0 unspecified atom stereocenters. The van der Waals surface area contributed by atoms with Gasteiger partial charge in [-0.15, -0.1) is 0 Å². The Hall–Kier alpha value is -1.40. The predicted molar refractivity (Wildman–Crippen MR) is 106 cm³/mol. The molecule has 1 saturated heterocycles. The molecule has 0 N–H and O–H groups in total. The highest BCUT2D eigenvalue weighted by Crippen LogP contribution is 2.38. The summed E-state index contributed by atoms with van der Waals surface area (Å²) in [5.41, 5.74) is 0.390. The fourth-order valence-electron chi connectivity index (χ4n) is 3.87. The Morgan fingerprint density at radius 1 is 1.04 bits per heavy atom. The molecule has 26 heavy (non-hydrogen) atoms. The summed E-state index contributed by atoms with van der Waals surface area (Å²) >= 11 is 0. The molecule has 0 aromatic heterocycles. The van der Waals surface area contributed by atoms with E-state index in [0.717, 1.165) is 31.5 Å². The maximum absolute atomic E-state index is 13.6. The van der Waals surface area contributed by atoms with Gasteiger partial charge in [0.15, 0.2) is 0 Å². The Bertz CT molecular complexity index is 674. The molecular formula is C20H32N2O3S. The Balaban J connectivity index is 2.35. The summed E-state index contributed by atoms with van der Waals surface area (Å²) in [6.45, 7) is 8.15. The van der Waals surface area contributed by atoms with Crippen LogP contribution in [0.4, 0.5) is 0 Å². The zero-order chi connectivity index (χ0) is 19.2. The van der Waals surface area contributed by atoms with E-state index < -0.39 is 15.4 Å². The maximum Gasteiger partial charge on any atom is 0.233 e. The van der Waals surface area contributed by atoms with Crippen LogP contribution in [0.1, 0.15) is 52.0 Å². The van der Waals surface area contributed by atoms with Crippen molar-refractivity contribution in [2.75, 3.05) is 31.9 Å². The molecule has 0 spiro atoms. The van der Waals surface area contributed by atoms with E-state index in [4.69, 9.17) is 0 Å². The molecule has 1 amide bonds. The van der Waals surface area contributed by atoms with Gasteiger partial charge in [0.1, 0.15) is 0 Å². The van der Waals surface area contributed by atoms with E-state index in [9.17, 15) is 13.2 Å². The molecule has 2 rings (SSSR count). The highest BCUT2D eigenvalue weighted by Gasteiger charge is 2.46. The predicted octanol–water partition coefficient (Wildman–Crippen LogP) is 3.02. The summed E-state index contributed by atoms with van der Waals surface area (Å²) in [5, 5.41) is 0. The van der Waals surface area contributed by atoms with E-state index in [0.29, 0.717) is 25.9 Å². The number of piperidine rings is 1. The summed E-state index contributed by atoms with van der Waals surface area (Å²) in [4.78, 5) is 15.6. The van der Waals surface area contributed by atoms with E-state index in [2.05, 4.69) is 13.8 Å². The lowest BCUT2D eigenvalue weighted by Crippen LogP contribution is -2.54. The minimum atomic E-state index is -3.21. The summed E-state index contributed by atoms with van der Waals surface area (Å²) in [6, 6.07) is 9.90. The van der Waals surface area contributed by atoms with Crippen LogP contribution in [-0.4, -0.2) is 55.5 Å². The molecule has 1 heterocycles. The molecule has 5 nitrogen and oxygen atoms in total. The van der Waals surface area contributed by atoms with Gasteiger partial charge in [-0.1, -0.05) is 44.2 Å². The topological polar surface area (TPSA) is 57.7 Å². The van der Waals surface area contributed by atoms with Gasteiger partial charge in [-0.3, -0.25) is 4.79 Å². The zero-order valence-corrected chi connectivity index (χ0v) is 17.1. The molecule has 0 aliphatic carbocycles. The molecule has 0 radical (unpaired) electrons. The number of hydrogen-bond acceptors (Lipinski definition) is 3. The van der Waals surface area contributed by atoms with Gasteiger partial charge >= 0.3 is 0 Å². The third-order valence-corrected chi connectivity index (χ3v) is 7.23. The molecule has 1 aliphatic heterocycles. The van der Waals surface area contributed by atoms with Crippen LogP contribution in [0.15, 0.2) is 30.3 Å². The average Bonchev–Trinajstić information content (AvgIpc) is 2.68. The van der Waals surface area contributed by atoms with Crippen molar-refractivity contribution in [1.82, 2.24) is 9.21 Å². The quantitative estimate of drug-likeness (QED) is 0.696. The van der Waals surface area contributed by atoms with E-state index in [1.54, 1.807) is 11.2 Å². The number of carbonyl (C=O) groups excluding carboxylic acids is 1. The summed E-state index contributed by atoms with van der Waals surface area (Å²) in [7, 11) is -3.21. The monoisotopic (exact) mass is 380 g/mol. The third-order valence-electron chi connectivity index (χ3n) is 5.34. The van der Waals surface area contributed by atoms with E-state index in [-0.39, 0.29) is 11.7 Å². The van der Waals surface area contributed by atoms with Crippen molar-refractivity contribution in [1.29, 1.82) is 0 Å². The van der Waals surface area contributed by atoms with Gasteiger partial charge in [0.25, 0.3) is 0 Å². The third kappa shape index (κ3) is 4.29. The highest BCUT2D eigenvalue weighted by molar-refractivity contribution is 7.89. The van der Waals surface area contributed by atoms with Crippen LogP contribution in [0.3, 0.4) is 0 Å². The smallest absolute Gasteiger partial charge is 0.233 e. The molecular weight excluding hydrogens is 348 g/mol. The highest BCUT2D eigenvalue weighted by atomic mass is 32.2. The molecule has 6 heteroatoms. The lowest BCUT2D eigenvalue weighted by atomic mass is 9.72. The van der Waals surface area contributed by atoms with Gasteiger partial charge in [0.2, 0.25) is 15.9 Å². The molecule has 1 aliphatic rings. The van der Waals surface area contributed by atoms with Crippen molar-refractivity contribution in [3.05, 3.63) is 35.9 Å². The van der Waals surface area contributed by atoms with Gasteiger partial charge in [0, 0.05) is 26.2 Å². The number of carbonyl (C=O) groups is 1. The fourth-order valence-corrected chi connectivity index (χ4v) is 4.97. The molecule has 0 bridgehead atoms. The van der Waals surface area contributed by atoms with Crippen molar-refractivity contribution in [2.45, 2.75) is 51.9 Å². The first-order valence-corrected chi connectivity index (χ1v) is 11.3. The minimum Gasteiger partial charge on any atom is -0.342 e. The number of rotatable bonds is 8. The van der Waals surface area contributed by atoms with Crippen molar-refractivity contribution < 1.29 is 13.2 Å². The largest absolute Gasteiger partial charge is 0.342 e. The van der Waals surface area contributed by atoms with E-state index in [1.807, 2.05) is 35.2 Å². The SMILES string of the molecule is CCCN(CCC)C(=O)C1(c2ccccc2)CCN(S(=O)(=O)CC)CC1. The number of sulfonamides is 1. The Kier molecular flexibility index (Phi) is 7.24. The molecule has 1 fully saturated rings. The van der Waals surface area contributed by atoms with Crippen LogP contribution in [0.25, 0.3) is 0 Å². The second-order valence-electron chi connectivity index (χ2n) is 7.04. The Labute approximate surface area is 158 Å². The average molecular weight is 381 g/mol. The Morgan fingerprint density at radius 3 is 2.04 bits per heavy atom. The zero-order valence-electron chi connectivity index (χ0n) is 16.3. The second kappa shape index (κ2) is 9.00. The van der Waals surface area contributed by atoms with E-state index in [1.165, 1.54) is 0 Å². The van der Waals surface area contributed by atoms with Crippen LogP contribution in [0, 0.1) is 0 Å². The normalized spacial score (nSPS) is 17.8. The van der Waals surface area contributed by atoms with Gasteiger partial charge in [-0.25, -0.2) is 12.7 Å². The standard InChI is InChI=1S/C20H32N2O3S/c1-4-14-21(15-5-2)19(23)20(18-10-8-7-9-11-18)12-16-22(17-13-20)26(24,25)6-3/h7-11H,4-6,12-17H2,1-3H3. The van der Waals surface area contributed by atoms with E-state index >= 15 is 0 Å². The summed E-state index contributed by atoms with van der Waals surface area (Å²) in [6.07, 6.45) is 2.93.